The molecular formula is C12H13NO2. The van der Waals surface area contributed by atoms with Gasteiger partial charge in [0, 0.05) is 0 Å². The van der Waals surface area contributed by atoms with E-state index in [9.17, 15) is 4.79 Å². The minimum absolute atomic E-state index is 0.337. The van der Waals surface area contributed by atoms with Crippen LogP contribution in [0, 0.1) is 17.2 Å². The molecule has 0 radical (unpaired) electrons. The van der Waals surface area contributed by atoms with Crippen molar-refractivity contribution in [2.24, 2.45) is 5.92 Å². The van der Waals surface area contributed by atoms with Crippen LogP contribution in [0.4, 0.5) is 0 Å². The maximum Gasteiger partial charge on any atom is 0.306 e. The van der Waals surface area contributed by atoms with Crippen LogP contribution < -0.4 is 0 Å². The standard InChI is InChI=1S/C12H13NO2/c1-9(12(14)15)5-6-10-3-2-4-11(7-10)8-13/h2-4,7,9H,5-6H2,1H3,(H,14,15). The second-order valence-electron chi connectivity index (χ2n) is 3.59. The summed E-state index contributed by atoms with van der Waals surface area (Å²) >= 11 is 0. The lowest BCUT2D eigenvalue weighted by molar-refractivity contribution is -0.141. The normalized spacial score (nSPS) is 11.7. The van der Waals surface area contributed by atoms with E-state index in [-0.39, 0.29) is 5.92 Å². The first-order chi connectivity index (χ1) is 7.13. The number of hydrogen-bond donors (Lipinski definition) is 1. The predicted molar refractivity (Wildman–Crippen MR) is 56.3 cm³/mol. The molecule has 0 bridgehead atoms. The van der Waals surface area contributed by atoms with Crippen LogP contribution in [0.25, 0.3) is 0 Å². The molecule has 1 rings (SSSR count). The third kappa shape index (κ3) is 3.43. The third-order valence-corrected chi connectivity index (χ3v) is 2.34. The van der Waals surface area contributed by atoms with Crippen LogP contribution in [-0.4, -0.2) is 11.1 Å². The topological polar surface area (TPSA) is 61.1 Å². The smallest absolute Gasteiger partial charge is 0.306 e. The Kier molecular flexibility index (Phi) is 3.87. The molecule has 3 nitrogen and oxygen atoms in total. The van der Waals surface area contributed by atoms with Crippen LogP contribution >= 0.6 is 0 Å². The first-order valence-corrected chi connectivity index (χ1v) is 4.85. The summed E-state index contributed by atoms with van der Waals surface area (Å²) < 4.78 is 0. The van der Waals surface area contributed by atoms with Gasteiger partial charge in [0.1, 0.15) is 0 Å². The molecule has 1 aromatic rings. The molecule has 0 fully saturated rings. The highest BCUT2D eigenvalue weighted by Gasteiger charge is 2.10. The van der Waals surface area contributed by atoms with Gasteiger partial charge in [0.25, 0.3) is 0 Å². The van der Waals surface area contributed by atoms with E-state index in [0.717, 1.165) is 5.56 Å². The first-order valence-electron chi connectivity index (χ1n) is 4.85. The summed E-state index contributed by atoms with van der Waals surface area (Å²) in [6.07, 6.45) is 1.30. The van der Waals surface area contributed by atoms with Gasteiger partial charge in [0.05, 0.1) is 17.6 Å². The van der Waals surface area contributed by atoms with Crippen molar-refractivity contribution in [3.8, 4) is 6.07 Å². The molecule has 0 heterocycles. The lowest BCUT2D eigenvalue weighted by Gasteiger charge is -2.05. The van der Waals surface area contributed by atoms with E-state index in [1.54, 1.807) is 19.1 Å². The Morgan fingerprint density at radius 1 is 1.60 bits per heavy atom. The lowest BCUT2D eigenvalue weighted by atomic mass is 10.0. The van der Waals surface area contributed by atoms with Crippen molar-refractivity contribution < 1.29 is 9.90 Å². The van der Waals surface area contributed by atoms with Gasteiger partial charge in [-0.3, -0.25) is 4.79 Å². The van der Waals surface area contributed by atoms with Crippen LogP contribution in [0.3, 0.4) is 0 Å². The van der Waals surface area contributed by atoms with Gasteiger partial charge >= 0.3 is 5.97 Å². The van der Waals surface area contributed by atoms with Gasteiger partial charge in [-0.25, -0.2) is 0 Å². The van der Waals surface area contributed by atoms with Crippen molar-refractivity contribution in [2.75, 3.05) is 0 Å². The molecule has 78 valence electrons. The van der Waals surface area contributed by atoms with Gasteiger partial charge in [0.15, 0.2) is 0 Å². The molecule has 0 amide bonds. The molecule has 3 heteroatoms. The highest BCUT2D eigenvalue weighted by atomic mass is 16.4. The van der Waals surface area contributed by atoms with E-state index < -0.39 is 5.97 Å². The Labute approximate surface area is 89.0 Å². The van der Waals surface area contributed by atoms with Crippen LogP contribution in [0.5, 0.6) is 0 Å². The van der Waals surface area contributed by atoms with E-state index in [1.807, 2.05) is 12.1 Å². The molecule has 1 N–H and O–H groups in total. The van der Waals surface area contributed by atoms with Crippen LogP contribution in [-0.2, 0) is 11.2 Å². The fourth-order valence-corrected chi connectivity index (χ4v) is 1.30. The zero-order chi connectivity index (χ0) is 11.3. The Balaban J connectivity index is 2.58. The summed E-state index contributed by atoms with van der Waals surface area (Å²) in [5.74, 6) is -1.11. The molecule has 1 unspecified atom stereocenters. The van der Waals surface area contributed by atoms with Crippen LogP contribution in [0.1, 0.15) is 24.5 Å². The van der Waals surface area contributed by atoms with Crippen molar-refractivity contribution in [1.29, 1.82) is 5.26 Å². The van der Waals surface area contributed by atoms with Crippen LogP contribution in [0.2, 0.25) is 0 Å². The Hall–Kier alpha value is -1.82. The van der Waals surface area contributed by atoms with E-state index >= 15 is 0 Å². The largest absolute Gasteiger partial charge is 0.481 e. The molecule has 0 saturated carbocycles. The van der Waals surface area contributed by atoms with Gasteiger partial charge in [-0.1, -0.05) is 19.1 Å². The fourth-order valence-electron chi connectivity index (χ4n) is 1.30. The minimum Gasteiger partial charge on any atom is -0.481 e. The van der Waals surface area contributed by atoms with E-state index in [2.05, 4.69) is 6.07 Å². The first kappa shape index (κ1) is 11.3. The number of aliphatic carboxylic acids is 1. The number of rotatable bonds is 4. The third-order valence-electron chi connectivity index (χ3n) is 2.34. The molecule has 1 atom stereocenters. The van der Waals surface area contributed by atoms with Gasteiger partial charge < -0.3 is 5.11 Å². The fraction of sp³-hybridized carbons (Fsp3) is 0.333. The van der Waals surface area contributed by atoms with Crippen molar-refractivity contribution in [3.05, 3.63) is 35.4 Å². The van der Waals surface area contributed by atoms with E-state index in [0.29, 0.717) is 18.4 Å². The van der Waals surface area contributed by atoms with Crippen molar-refractivity contribution in [3.63, 3.8) is 0 Å². The highest BCUT2D eigenvalue weighted by molar-refractivity contribution is 5.69. The molecule has 0 aliphatic rings. The number of benzene rings is 1. The van der Waals surface area contributed by atoms with Crippen molar-refractivity contribution in [2.45, 2.75) is 19.8 Å². The lowest BCUT2D eigenvalue weighted by Crippen LogP contribution is -2.10. The zero-order valence-corrected chi connectivity index (χ0v) is 8.60. The van der Waals surface area contributed by atoms with Gasteiger partial charge in [0.2, 0.25) is 0 Å². The summed E-state index contributed by atoms with van der Waals surface area (Å²) in [5, 5.41) is 17.4. The molecule has 0 aliphatic carbocycles. The average Bonchev–Trinajstić information content (AvgIpc) is 2.26. The summed E-state index contributed by atoms with van der Waals surface area (Å²) in [6, 6.07) is 9.33. The summed E-state index contributed by atoms with van der Waals surface area (Å²) in [6.45, 7) is 1.69. The maximum atomic E-state index is 10.6. The second-order valence-corrected chi connectivity index (χ2v) is 3.59. The number of nitriles is 1. The minimum atomic E-state index is -0.772. The summed E-state index contributed by atoms with van der Waals surface area (Å²) in [4.78, 5) is 10.6. The number of nitrogens with zero attached hydrogens (tertiary/aromatic N) is 1. The monoisotopic (exact) mass is 203 g/mol. The Morgan fingerprint density at radius 3 is 2.93 bits per heavy atom. The average molecular weight is 203 g/mol. The Bertz CT molecular complexity index is 393. The van der Waals surface area contributed by atoms with E-state index in [4.69, 9.17) is 10.4 Å². The highest BCUT2D eigenvalue weighted by Crippen LogP contribution is 2.11. The second kappa shape index (κ2) is 5.16. The number of hydrogen-bond acceptors (Lipinski definition) is 2. The van der Waals surface area contributed by atoms with Crippen molar-refractivity contribution in [1.82, 2.24) is 0 Å². The maximum absolute atomic E-state index is 10.6. The molecule has 0 aliphatic heterocycles. The molecule has 0 aromatic heterocycles. The molecular weight excluding hydrogens is 190 g/mol. The number of aryl methyl sites for hydroxylation is 1. The quantitative estimate of drug-likeness (QED) is 0.816. The molecule has 15 heavy (non-hydrogen) atoms. The van der Waals surface area contributed by atoms with Gasteiger partial charge in [-0.2, -0.15) is 5.26 Å². The number of carbonyl (C=O) groups is 1. The SMILES string of the molecule is CC(CCc1cccc(C#N)c1)C(=O)O. The van der Waals surface area contributed by atoms with Crippen LogP contribution in [0.15, 0.2) is 24.3 Å². The molecule has 0 spiro atoms. The molecule has 1 aromatic carbocycles. The predicted octanol–water partition coefficient (Wildman–Crippen LogP) is 2.21. The van der Waals surface area contributed by atoms with E-state index in [1.165, 1.54) is 0 Å². The molecule has 0 saturated heterocycles. The number of carboxylic acids is 1. The zero-order valence-electron chi connectivity index (χ0n) is 8.60. The summed E-state index contributed by atoms with van der Waals surface area (Å²) in [5.41, 5.74) is 1.64. The number of carboxylic acid groups (broad SMARTS) is 1. The summed E-state index contributed by atoms with van der Waals surface area (Å²) in [7, 11) is 0. The Morgan fingerprint density at radius 2 is 2.33 bits per heavy atom. The van der Waals surface area contributed by atoms with Gasteiger partial charge in [-0.05, 0) is 30.5 Å². The van der Waals surface area contributed by atoms with Crippen molar-refractivity contribution >= 4 is 5.97 Å². The van der Waals surface area contributed by atoms with Gasteiger partial charge in [-0.15, -0.1) is 0 Å².